The standard InChI is InChI=1S/C21H26N8/c22-17-11-18(23)14-29(13-17)10-9-26-21-27-19(15-1-5-24-6-2-15)12-20(28-21)16-3-7-25-8-4-16/h1-8,12,17-18H,9-11,13-14,22-23H2,(H,26,27,28)/t17-,18+. The number of aromatic nitrogens is 4. The number of anilines is 1. The minimum absolute atomic E-state index is 0.142. The van der Waals surface area contributed by atoms with Crippen molar-refractivity contribution in [3.8, 4) is 22.5 Å². The van der Waals surface area contributed by atoms with Crippen LogP contribution in [0.1, 0.15) is 6.42 Å². The van der Waals surface area contributed by atoms with E-state index in [-0.39, 0.29) is 12.1 Å². The Labute approximate surface area is 170 Å². The largest absolute Gasteiger partial charge is 0.353 e. The molecule has 0 bridgehead atoms. The smallest absolute Gasteiger partial charge is 0.223 e. The Kier molecular flexibility index (Phi) is 6.04. The zero-order valence-corrected chi connectivity index (χ0v) is 16.3. The molecule has 1 aliphatic heterocycles. The summed E-state index contributed by atoms with van der Waals surface area (Å²) in [5.41, 5.74) is 15.9. The highest BCUT2D eigenvalue weighted by Gasteiger charge is 2.22. The molecule has 1 saturated heterocycles. The lowest BCUT2D eigenvalue weighted by molar-refractivity contribution is 0.196. The SMILES string of the molecule is N[C@@H]1C[C@H](N)CN(CCNc2nc(-c3ccncc3)cc(-c3ccncc3)n2)C1. The minimum atomic E-state index is 0.142. The Balaban J connectivity index is 1.52. The van der Waals surface area contributed by atoms with E-state index in [4.69, 9.17) is 21.4 Å². The molecule has 29 heavy (non-hydrogen) atoms. The Morgan fingerprint density at radius 1 is 0.862 bits per heavy atom. The molecule has 1 fully saturated rings. The van der Waals surface area contributed by atoms with Gasteiger partial charge in [-0.2, -0.15) is 0 Å². The summed E-state index contributed by atoms with van der Waals surface area (Å²) in [4.78, 5) is 19.9. The normalized spacial score (nSPS) is 19.8. The number of nitrogens with zero attached hydrogens (tertiary/aromatic N) is 5. The van der Waals surface area contributed by atoms with Gasteiger partial charge in [0.25, 0.3) is 0 Å². The predicted molar refractivity (Wildman–Crippen MR) is 114 cm³/mol. The highest BCUT2D eigenvalue weighted by atomic mass is 15.2. The first-order valence-electron chi connectivity index (χ1n) is 9.84. The van der Waals surface area contributed by atoms with E-state index in [1.165, 1.54) is 0 Å². The fourth-order valence-corrected chi connectivity index (χ4v) is 3.65. The van der Waals surface area contributed by atoms with E-state index in [1.54, 1.807) is 24.8 Å². The molecule has 3 aromatic heterocycles. The lowest BCUT2D eigenvalue weighted by Gasteiger charge is -2.34. The summed E-state index contributed by atoms with van der Waals surface area (Å²) in [6.45, 7) is 3.30. The average molecular weight is 390 g/mol. The van der Waals surface area contributed by atoms with Crippen LogP contribution in [0.2, 0.25) is 0 Å². The van der Waals surface area contributed by atoms with Crippen molar-refractivity contribution >= 4 is 5.95 Å². The van der Waals surface area contributed by atoms with Crippen molar-refractivity contribution in [3.63, 3.8) is 0 Å². The van der Waals surface area contributed by atoms with Crippen LogP contribution in [0.15, 0.2) is 55.1 Å². The van der Waals surface area contributed by atoms with Crippen molar-refractivity contribution < 1.29 is 0 Å². The van der Waals surface area contributed by atoms with Gasteiger partial charge in [-0.05, 0) is 36.8 Å². The fraction of sp³-hybridized carbons (Fsp3) is 0.333. The van der Waals surface area contributed by atoms with Crippen LogP contribution < -0.4 is 16.8 Å². The van der Waals surface area contributed by atoms with Gasteiger partial charge in [0.05, 0.1) is 11.4 Å². The highest BCUT2D eigenvalue weighted by Crippen LogP contribution is 2.24. The molecule has 1 aliphatic rings. The Morgan fingerprint density at radius 2 is 1.38 bits per heavy atom. The van der Waals surface area contributed by atoms with E-state index in [0.29, 0.717) is 5.95 Å². The van der Waals surface area contributed by atoms with Crippen molar-refractivity contribution in [1.29, 1.82) is 0 Å². The first-order valence-corrected chi connectivity index (χ1v) is 9.84. The Bertz CT molecular complexity index is 851. The molecule has 2 atom stereocenters. The molecular weight excluding hydrogens is 364 g/mol. The second kappa shape index (κ2) is 9.04. The second-order valence-corrected chi connectivity index (χ2v) is 7.38. The average Bonchev–Trinajstić information content (AvgIpc) is 2.74. The van der Waals surface area contributed by atoms with E-state index in [0.717, 1.165) is 55.1 Å². The molecule has 4 heterocycles. The second-order valence-electron chi connectivity index (χ2n) is 7.38. The molecular formula is C21H26N8. The van der Waals surface area contributed by atoms with Crippen LogP contribution in [0.3, 0.4) is 0 Å². The van der Waals surface area contributed by atoms with Gasteiger partial charge < -0.3 is 16.8 Å². The van der Waals surface area contributed by atoms with Gasteiger partial charge in [-0.15, -0.1) is 0 Å². The summed E-state index contributed by atoms with van der Waals surface area (Å²) in [5, 5.41) is 3.37. The van der Waals surface area contributed by atoms with Gasteiger partial charge in [0, 0.05) is 74.2 Å². The number of piperidine rings is 1. The number of hydrogen-bond donors (Lipinski definition) is 3. The molecule has 0 unspecified atom stereocenters. The zero-order chi connectivity index (χ0) is 20.1. The van der Waals surface area contributed by atoms with E-state index in [1.807, 2.05) is 30.3 Å². The molecule has 0 aromatic carbocycles. The van der Waals surface area contributed by atoms with Crippen LogP contribution in [0, 0.1) is 0 Å². The molecule has 150 valence electrons. The third-order valence-corrected chi connectivity index (χ3v) is 4.98. The first-order chi connectivity index (χ1) is 14.2. The van der Waals surface area contributed by atoms with Crippen LogP contribution in [-0.4, -0.2) is 63.1 Å². The summed E-state index contributed by atoms with van der Waals surface area (Å²) >= 11 is 0. The van der Waals surface area contributed by atoms with Crippen molar-refractivity contribution in [2.45, 2.75) is 18.5 Å². The van der Waals surface area contributed by atoms with Gasteiger partial charge >= 0.3 is 0 Å². The van der Waals surface area contributed by atoms with Crippen LogP contribution in [-0.2, 0) is 0 Å². The molecule has 4 rings (SSSR count). The molecule has 0 radical (unpaired) electrons. The van der Waals surface area contributed by atoms with Gasteiger partial charge in [-0.25, -0.2) is 9.97 Å². The third kappa shape index (κ3) is 5.11. The van der Waals surface area contributed by atoms with Crippen LogP contribution in [0.4, 0.5) is 5.95 Å². The van der Waals surface area contributed by atoms with E-state index in [9.17, 15) is 0 Å². The minimum Gasteiger partial charge on any atom is -0.353 e. The van der Waals surface area contributed by atoms with Crippen molar-refractivity contribution in [2.24, 2.45) is 11.5 Å². The summed E-state index contributed by atoms with van der Waals surface area (Å²) in [6.07, 6.45) is 7.94. The lowest BCUT2D eigenvalue weighted by Crippen LogP contribution is -2.53. The quantitative estimate of drug-likeness (QED) is 0.577. The number of nitrogens with one attached hydrogen (secondary N) is 1. The maximum atomic E-state index is 6.09. The van der Waals surface area contributed by atoms with Crippen LogP contribution in [0.25, 0.3) is 22.5 Å². The van der Waals surface area contributed by atoms with Gasteiger partial charge in [-0.3, -0.25) is 14.9 Å². The number of nitrogens with two attached hydrogens (primary N) is 2. The molecule has 5 N–H and O–H groups in total. The number of likely N-dealkylation sites (tertiary alicyclic amines) is 1. The zero-order valence-electron chi connectivity index (χ0n) is 16.3. The van der Waals surface area contributed by atoms with E-state index in [2.05, 4.69) is 20.2 Å². The molecule has 0 saturated carbocycles. The Morgan fingerprint density at radius 3 is 1.90 bits per heavy atom. The van der Waals surface area contributed by atoms with E-state index < -0.39 is 0 Å². The molecule has 3 aromatic rings. The topological polar surface area (TPSA) is 119 Å². The van der Waals surface area contributed by atoms with Crippen molar-refractivity contribution in [1.82, 2.24) is 24.8 Å². The molecule has 8 nitrogen and oxygen atoms in total. The van der Waals surface area contributed by atoms with E-state index >= 15 is 0 Å². The number of pyridine rings is 2. The van der Waals surface area contributed by atoms with Crippen molar-refractivity contribution in [3.05, 3.63) is 55.1 Å². The maximum Gasteiger partial charge on any atom is 0.223 e. The van der Waals surface area contributed by atoms with Crippen LogP contribution >= 0.6 is 0 Å². The van der Waals surface area contributed by atoms with Crippen LogP contribution in [0.5, 0.6) is 0 Å². The third-order valence-electron chi connectivity index (χ3n) is 4.98. The molecule has 0 amide bonds. The summed E-state index contributed by atoms with van der Waals surface area (Å²) in [6, 6.07) is 10.0. The first kappa shape index (κ1) is 19.4. The number of rotatable bonds is 6. The highest BCUT2D eigenvalue weighted by molar-refractivity contribution is 5.68. The Hall–Kier alpha value is -2.94. The van der Waals surface area contributed by atoms with Gasteiger partial charge in [0.2, 0.25) is 5.95 Å². The predicted octanol–water partition coefficient (Wildman–Crippen LogP) is 1.37. The molecule has 0 spiro atoms. The van der Waals surface area contributed by atoms with Gasteiger partial charge in [-0.1, -0.05) is 0 Å². The van der Waals surface area contributed by atoms with Gasteiger partial charge in [0.1, 0.15) is 0 Å². The fourth-order valence-electron chi connectivity index (χ4n) is 3.65. The monoisotopic (exact) mass is 390 g/mol. The summed E-state index contributed by atoms with van der Waals surface area (Å²) < 4.78 is 0. The summed E-state index contributed by atoms with van der Waals surface area (Å²) in [7, 11) is 0. The molecule has 0 aliphatic carbocycles. The lowest BCUT2D eigenvalue weighted by atomic mass is 10.0. The van der Waals surface area contributed by atoms with Crippen molar-refractivity contribution in [2.75, 3.05) is 31.5 Å². The van der Waals surface area contributed by atoms with Gasteiger partial charge in [0.15, 0.2) is 0 Å². The summed E-state index contributed by atoms with van der Waals surface area (Å²) in [5.74, 6) is 0.594. The maximum absolute atomic E-state index is 6.09. The molecule has 8 heteroatoms. The number of hydrogen-bond acceptors (Lipinski definition) is 8.